The summed E-state index contributed by atoms with van der Waals surface area (Å²) in [6.07, 6.45) is 0. The molecule has 0 aromatic carbocycles. The number of hydrogen-bond donors (Lipinski definition) is 2. The smallest absolute Gasteiger partial charge is 0.264 e. The van der Waals surface area contributed by atoms with Gasteiger partial charge >= 0.3 is 0 Å². The number of aromatic nitrogens is 3. The molecule has 148 valence electrons. The number of H-pyrrole nitrogens is 1. The van der Waals surface area contributed by atoms with Gasteiger partial charge < -0.3 is 15.1 Å². The first-order valence-electron chi connectivity index (χ1n) is 8.33. The quantitative estimate of drug-likeness (QED) is 0.610. The van der Waals surface area contributed by atoms with Gasteiger partial charge in [0.2, 0.25) is 11.9 Å². The van der Waals surface area contributed by atoms with Crippen molar-refractivity contribution >= 4 is 44.5 Å². The minimum atomic E-state index is -2.58. The lowest BCUT2D eigenvalue weighted by atomic mass is 10.0. The van der Waals surface area contributed by atoms with Gasteiger partial charge in [0.05, 0.1) is 35.9 Å². The second kappa shape index (κ2) is 6.36. The van der Waals surface area contributed by atoms with Crippen LogP contribution in [0.15, 0.2) is 27.6 Å². The number of aliphatic imine (C=N–C) groups is 1. The summed E-state index contributed by atoms with van der Waals surface area (Å²) in [4.78, 5) is 9.54. The molecule has 4 rings (SSSR count). The van der Waals surface area contributed by atoms with Gasteiger partial charge in [-0.05, 0) is 31.0 Å². The van der Waals surface area contributed by atoms with Crippen LogP contribution in [0.4, 0.5) is 0 Å². The van der Waals surface area contributed by atoms with Crippen molar-refractivity contribution in [3.05, 3.63) is 34.0 Å². The summed E-state index contributed by atoms with van der Waals surface area (Å²) in [5, 5.41) is 8.40. The molecule has 1 aliphatic heterocycles. The van der Waals surface area contributed by atoms with Gasteiger partial charge in [0.15, 0.2) is 0 Å². The predicted octanol–water partition coefficient (Wildman–Crippen LogP) is 2.86. The van der Waals surface area contributed by atoms with Gasteiger partial charge in [-0.3, -0.25) is 4.31 Å². The Morgan fingerprint density at radius 2 is 2.14 bits per heavy atom. The van der Waals surface area contributed by atoms with E-state index in [-0.39, 0.29) is 11.7 Å². The van der Waals surface area contributed by atoms with Crippen LogP contribution in [0.3, 0.4) is 0 Å². The molecular weight excluding hydrogens is 420 g/mol. The van der Waals surface area contributed by atoms with Crippen molar-refractivity contribution in [1.29, 1.82) is 0 Å². The van der Waals surface area contributed by atoms with Crippen LogP contribution in [-0.2, 0) is 15.2 Å². The molecule has 2 atom stereocenters. The van der Waals surface area contributed by atoms with Crippen molar-refractivity contribution in [2.45, 2.75) is 19.4 Å². The molecule has 0 amide bonds. The lowest BCUT2D eigenvalue weighted by molar-refractivity contribution is 0.522. The molecule has 3 aromatic rings. The molecule has 28 heavy (non-hydrogen) atoms. The Balaban J connectivity index is 1.73. The third kappa shape index (κ3) is 3.11. The van der Waals surface area contributed by atoms with Crippen molar-refractivity contribution in [2.24, 2.45) is 10.7 Å². The van der Waals surface area contributed by atoms with Crippen molar-refractivity contribution in [3.8, 4) is 22.2 Å². The van der Waals surface area contributed by atoms with Crippen molar-refractivity contribution in [2.75, 3.05) is 12.8 Å². The Morgan fingerprint density at radius 1 is 1.43 bits per heavy atom. The van der Waals surface area contributed by atoms with Crippen LogP contribution in [0.5, 0.6) is 0 Å². The number of thiophene rings is 1. The minimum Gasteiger partial charge on any atom is -0.420 e. The van der Waals surface area contributed by atoms with Crippen LogP contribution in [0.1, 0.15) is 17.7 Å². The molecule has 0 saturated heterocycles. The third-order valence-corrected chi connectivity index (χ3v) is 8.60. The molecule has 0 fully saturated rings. The standard InChI is InChI=1S/C17H19ClN6O2S2/c1-9-22-23-15(26-9)12-6-5-11(20-12)13-7-10(18)14(27-13)17(2)8-28(4,25)24(3)16(19)21-17/h5-7,20H,4,8H2,1-3H3,(H2,19,21)/t17-,28?/m0/s1. The molecular formula is C17H19ClN6O2S2. The Morgan fingerprint density at radius 3 is 2.79 bits per heavy atom. The van der Waals surface area contributed by atoms with Gasteiger partial charge in [0.1, 0.15) is 11.2 Å². The number of hydrogen-bond acceptors (Lipinski definition) is 7. The Bertz CT molecular complexity index is 1190. The summed E-state index contributed by atoms with van der Waals surface area (Å²) in [5.74, 6) is 5.17. The van der Waals surface area contributed by atoms with E-state index in [2.05, 4.69) is 26.0 Å². The first kappa shape index (κ1) is 19.0. The molecule has 1 unspecified atom stereocenters. The number of rotatable bonds is 3. The van der Waals surface area contributed by atoms with E-state index in [0.29, 0.717) is 16.8 Å². The maximum atomic E-state index is 12.9. The van der Waals surface area contributed by atoms with E-state index in [1.54, 1.807) is 14.0 Å². The molecule has 0 bridgehead atoms. The highest BCUT2D eigenvalue weighted by atomic mass is 35.5. The van der Waals surface area contributed by atoms with Crippen LogP contribution in [0.2, 0.25) is 5.02 Å². The largest absolute Gasteiger partial charge is 0.420 e. The molecule has 0 saturated carbocycles. The summed E-state index contributed by atoms with van der Waals surface area (Å²) in [5.41, 5.74) is 6.75. The fraction of sp³-hybridized carbons (Fsp3) is 0.294. The summed E-state index contributed by atoms with van der Waals surface area (Å²) >= 11 is 8.01. The Kier molecular flexibility index (Phi) is 4.32. The van der Waals surface area contributed by atoms with Crippen LogP contribution >= 0.6 is 22.9 Å². The number of halogens is 1. The maximum Gasteiger partial charge on any atom is 0.264 e. The summed E-state index contributed by atoms with van der Waals surface area (Å²) in [7, 11) is -0.944. The highest BCUT2D eigenvalue weighted by Crippen LogP contribution is 2.44. The van der Waals surface area contributed by atoms with E-state index in [0.717, 1.165) is 21.1 Å². The molecule has 8 nitrogen and oxygen atoms in total. The topological polar surface area (TPSA) is 113 Å². The number of nitrogens with one attached hydrogen (secondary N) is 1. The zero-order valence-corrected chi connectivity index (χ0v) is 17.9. The zero-order valence-electron chi connectivity index (χ0n) is 15.5. The predicted molar refractivity (Wildman–Crippen MR) is 114 cm³/mol. The lowest BCUT2D eigenvalue weighted by Crippen LogP contribution is -2.50. The molecule has 11 heteroatoms. The Labute approximate surface area is 171 Å². The molecule has 3 N–H and O–H groups in total. The van der Waals surface area contributed by atoms with E-state index < -0.39 is 15.2 Å². The number of aryl methyl sites for hydroxylation is 1. The van der Waals surface area contributed by atoms with Gasteiger partial charge in [0.25, 0.3) is 5.89 Å². The van der Waals surface area contributed by atoms with Gasteiger partial charge in [-0.1, -0.05) is 11.6 Å². The van der Waals surface area contributed by atoms with Gasteiger partial charge in [-0.2, -0.15) is 0 Å². The maximum absolute atomic E-state index is 12.9. The van der Waals surface area contributed by atoms with E-state index in [4.69, 9.17) is 21.8 Å². The molecule has 0 radical (unpaired) electrons. The lowest BCUT2D eigenvalue weighted by Gasteiger charge is -2.36. The Hall–Kier alpha value is -2.30. The molecule has 4 heterocycles. The van der Waals surface area contributed by atoms with Crippen LogP contribution in [0.25, 0.3) is 22.2 Å². The number of aromatic amines is 1. The third-order valence-electron chi connectivity index (χ3n) is 4.57. The van der Waals surface area contributed by atoms with Crippen LogP contribution < -0.4 is 5.73 Å². The highest BCUT2D eigenvalue weighted by Gasteiger charge is 2.39. The second-order valence-corrected chi connectivity index (χ2v) is 10.7. The molecule has 0 aliphatic carbocycles. The van der Waals surface area contributed by atoms with E-state index in [1.807, 2.05) is 25.1 Å². The molecule has 1 aliphatic rings. The molecule has 0 spiro atoms. The number of nitrogens with two attached hydrogens (primary N) is 1. The average Bonchev–Trinajstić information content (AvgIpc) is 3.31. The fourth-order valence-corrected chi connectivity index (χ4v) is 6.48. The van der Waals surface area contributed by atoms with Gasteiger partial charge in [0, 0.05) is 14.0 Å². The van der Waals surface area contributed by atoms with E-state index in [1.165, 1.54) is 15.6 Å². The first-order chi connectivity index (χ1) is 13.1. The monoisotopic (exact) mass is 438 g/mol. The second-order valence-electron chi connectivity index (χ2n) is 6.86. The van der Waals surface area contributed by atoms with E-state index >= 15 is 0 Å². The normalized spacial score (nSPS) is 25.1. The summed E-state index contributed by atoms with van der Waals surface area (Å²) < 4.78 is 19.8. The number of guanidine groups is 1. The first-order valence-corrected chi connectivity index (χ1v) is 11.4. The van der Waals surface area contributed by atoms with Gasteiger partial charge in [-0.25, -0.2) is 9.20 Å². The van der Waals surface area contributed by atoms with Gasteiger partial charge in [-0.15, -0.1) is 21.5 Å². The summed E-state index contributed by atoms with van der Waals surface area (Å²) in [6, 6.07) is 5.64. The van der Waals surface area contributed by atoms with Crippen LogP contribution in [-0.4, -0.2) is 48.3 Å². The average molecular weight is 439 g/mol. The summed E-state index contributed by atoms with van der Waals surface area (Å²) in [6.45, 7) is 3.61. The van der Waals surface area contributed by atoms with Crippen molar-refractivity contribution < 1.29 is 8.63 Å². The fourth-order valence-electron chi connectivity index (χ4n) is 3.12. The van der Waals surface area contributed by atoms with Crippen LogP contribution in [0, 0.1) is 6.92 Å². The SMILES string of the molecule is C=S1(=O)C[C@@](C)(c2sc(-c3ccc(-c4nnc(C)o4)[nH]3)cc2Cl)N=C(N)N1C. The van der Waals surface area contributed by atoms with Crippen molar-refractivity contribution in [1.82, 2.24) is 19.5 Å². The minimum absolute atomic E-state index is 0.189. The molecule has 3 aromatic heterocycles. The number of nitrogens with zero attached hydrogens (tertiary/aromatic N) is 4. The zero-order chi connectivity index (χ0) is 20.3. The highest BCUT2D eigenvalue weighted by molar-refractivity contribution is 7.98. The van der Waals surface area contributed by atoms with Crippen molar-refractivity contribution in [3.63, 3.8) is 0 Å². The van der Waals surface area contributed by atoms with E-state index in [9.17, 15) is 4.21 Å².